The van der Waals surface area contributed by atoms with E-state index in [0.29, 0.717) is 18.8 Å². The molecular formula is C14H17FN4O3. The van der Waals surface area contributed by atoms with Gasteiger partial charge in [-0.3, -0.25) is 14.8 Å². The number of nitro benzene ring substituents is 1. The van der Waals surface area contributed by atoms with Crippen molar-refractivity contribution in [1.82, 2.24) is 9.78 Å². The Morgan fingerprint density at radius 1 is 1.50 bits per heavy atom. The maximum Gasteiger partial charge on any atom is 0.295 e. The highest BCUT2D eigenvalue weighted by molar-refractivity contribution is 5.66. The molecule has 1 aromatic heterocycles. The summed E-state index contributed by atoms with van der Waals surface area (Å²) in [6.45, 7) is 2.82. The third-order valence-corrected chi connectivity index (χ3v) is 3.30. The first-order chi connectivity index (χ1) is 10.5. The van der Waals surface area contributed by atoms with E-state index in [1.165, 1.54) is 13.2 Å². The minimum atomic E-state index is -0.754. The minimum Gasteiger partial charge on any atom is -0.494 e. The van der Waals surface area contributed by atoms with Crippen LogP contribution in [0.3, 0.4) is 0 Å². The molecular weight excluding hydrogens is 291 g/mol. The Kier molecular flexibility index (Phi) is 4.59. The molecule has 0 radical (unpaired) electrons. The molecule has 0 amide bonds. The third kappa shape index (κ3) is 3.16. The van der Waals surface area contributed by atoms with E-state index in [9.17, 15) is 14.5 Å². The van der Waals surface area contributed by atoms with Crippen molar-refractivity contribution in [2.45, 2.75) is 13.5 Å². The number of hydrogen-bond donors (Lipinski definition) is 0. The van der Waals surface area contributed by atoms with Gasteiger partial charge in [0.15, 0.2) is 11.6 Å². The van der Waals surface area contributed by atoms with E-state index in [2.05, 4.69) is 5.10 Å². The van der Waals surface area contributed by atoms with Crippen LogP contribution < -0.4 is 9.64 Å². The molecule has 22 heavy (non-hydrogen) atoms. The van der Waals surface area contributed by atoms with E-state index in [0.717, 1.165) is 11.6 Å². The predicted octanol–water partition coefficient (Wildman–Crippen LogP) is 2.50. The van der Waals surface area contributed by atoms with Crippen molar-refractivity contribution in [3.05, 3.63) is 46.0 Å². The monoisotopic (exact) mass is 308 g/mol. The Morgan fingerprint density at radius 3 is 2.73 bits per heavy atom. The van der Waals surface area contributed by atoms with Crippen LogP contribution in [0.2, 0.25) is 0 Å². The van der Waals surface area contributed by atoms with Crippen LogP contribution in [0.5, 0.6) is 5.75 Å². The summed E-state index contributed by atoms with van der Waals surface area (Å²) in [7, 11) is 3.12. The van der Waals surface area contributed by atoms with Crippen LogP contribution >= 0.6 is 0 Å². The van der Waals surface area contributed by atoms with Crippen molar-refractivity contribution >= 4 is 11.4 Å². The summed E-state index contributed by atoms with van der Waals surface area (Å²) in [5, 5.41) is 15.3. The van der Waals surface area contributed by atoms with Crippen LogP contribution in [-0.2, 0) is 13.6 Å². The first-order valence-electron chi connectivity index (χ1n) is 6.70. The number of benzene rings is 1. The standard InChI is InChI=1S/C14H17FN4O3/c1-4-18(9-10-7-16-17(2)8-10)12-6-14(22-3)11(15)5-13(12)19(20)21/h5-8H,4,9H2,1-3H3. The molecule has 118 valence electrons. The van der Waals surface area contributed by atoms with E-state index in [1.54, 1.807) is 22.8 Å². The SMILES string of the molecule is CCN(Cc1cnn(C)c1)c1cc(OC)c(F)cc1[N+](=O)[O-]. The van der Waals surface area contributed by atoms with Crippen LogP contribution in [0, 0.1) is 15.9 Å². The molecule has 2 rings (SSSR count). The molecule has 1 heterocycles. The smallest absolute Gasteiger partial charge is 0.295 e. The van der Waals surface area contributed by atoms with Gasteiger partial charge in [-0.05, 0) is 6.92 Å². The molecule has 0 aliphatic heterocycles. The van der Waals surface area contributed by atoms with Gasteiger partial charge in [0.1, 0.15) is 5.69 Å². The Morgan fingerprint density at radius 2 is 2.23 bits per heavy atom. The van der Waals surface area contributed by atoms with Gasteiger partial charge in [-0.2, -0.15) is 5.10 Å². The van der Waals surface area contributed by atoms with Gasteiger partial charge >= 0.3 is 0 Å². The van der Waals surface area contributed by atoms with E-state index in [4.69, 9.17) is 4.74 Å². The van der Waals surface area contributed by atoms with Gasteiger partial charge in [0.05, 0.1) is 24.3 Å². The Balaban J connectivity index is 2.44. The number of nitrogens with zero attached hydrogens (tertiary/aromatic N) is 4. The number of halogens is 1. The normalized spacial score (nSPS) is 10.5. The summed E-state index contributed by atoms with van der Waals surface area (Å²) >= 11 is 0. The molecule has 7 nitrogen and oxygen atoms in total. The van der Waals surface area contributed by atoms with Gasteiger partial charge in [0.2, 0.25) is 0 Å². The van der Waals surface area contributed by atoms with Crippen molar-refractivity contribution in [3.8, 4) is 5.75 Å². The lowest BCUT2D eigenvalue weighted by molar-refractivity contribution is -0.384. The summed E-state index contributed by atoms with van der Waals surface area (Å²) in [5.41, 5.74) is 0.931. The first-order valence-corrected chi connectivity index (χ1v) is 6.70. The molecule has 0 aliphatic carbocycles. The summed E-state index contributed by atoms with van der Waals surface area (Å²) in [6, 6.07) is 2.24. The largest absolute Gasteiger partial charge is 0.494 e. The highest BCUT2D eigenvalue weighted by Crippen LogP contribution is 2.35. The molecule has 1 aromatic carbocycles. The van der Waals surface area contributed by atoms with Gasteiger partial charge in [0, 0.05) is 38.0 Å². The van der Waals surface area contributed by atoms with Crippen molar-refractivity contribution in [1.29, 1.82) is 0 Å². The lowest BCUT2D eigenvalue weighted by atomic mass is 10.2. The Bertz CT molecular complexity index is 687. The van der Waals surface area contributed by atoms with Crippen molar-refractivity contribution in [2.24, 2.45) is 7.05 Å². The van der Waals surface area contributed by atoms with Crippen LogP contribution in [0.15, 0.2) is 24.5 Å². The number of hydrogen-bond acceptors (Lipinski definition) is 5. The van der Waals surface area contributed by atoms with Crippen molar-refractivity contribution in [3.63, 3.8) is 0 Å². The van der Waals surface area contributed by atoms with Crippen LogP contribution in [0.1, 0.15) is 12.5 Å². The summed E-state index contributed by atoms with van der Waals surface area (Å²) in [4.78, 5) is 12.4. The molecule has 0 atom stereocenters. The second-order valence-electron chi connectivity index (χ2n) is 4.77. The number of aromatic nitrogens is 2. The number of anilines is 1. The number of aryl methyl sites for hydroxylation is 1. The maximum atomic E-state index is 13.7. The lowest BCUT2D eigenvalue weighted by Gasteiger charge is -2.22. The molecule has 0 aliphatic rings. The van der Waals surface area contributed by atoms with E-state index < -0.39 is 10.7 Å². The molecule has 0 saturated heterocycles. The molecule has 0 fully saturated rings. The summed E-state index contributed by atoms with van der Waals surface area (Å²) in [6.07, 6.45) is 3.52. The van der Waals surface area contributed by atoms with Crippen LogP contribution in [0.4, 0.5) is 15.8 Å². The lowest BCUT2D eigenvalue weighted by Crippen LogP contribution is -2.23. The van der Waals surface area contributed by atoms with Gasteiger partial charge < -0.3 is 9.64 Å². The third-order valence-electron chi connectivity index (χ3n) is 3.30. The second-order valence-corrected chi connectivity index (χ2v) is 4.77. The predicted molar refractivity (Wildman–Crippen MR) is 79.5 cm³/mol. The topological polar surface area (TPSA) is 73.4 Å². The van der Waals surface area contributed by atoms with E-state index in [-0.39, 0.29) is 11.4 Å². The fourth-order valence-electron chi connectivity index (χ4n) is 2.23. The second kappa shape index (κ2) is 6.42. The van der Waals surface area contributed by atoms with Crippen LogP contribution in [0.25, 0.3) is 0 Å². The van der Waals surface area contributed by atoms with Crippen LogP contribution in [-0.4, -0.2) is 28.4 Å². The fraction of sp³-hybridized carbons (Fsp3) is 0.357. The van der Waals surface area contributed by atoms with Crippen molar-refractivity contribution < 1.29 is 14.1 Å². The number of nitro groups is 1. The number of rotatable bonds is 6. The van der Waals surface area contributed by atoms with Gasteiger partial charge in [-0.1, -0.05) is 0 Å². The quantitative estimate of drug-likeness (QED) is 0.605. The van der Waals surface area contributed by atoms with Crippen molar-refractivity contribution in [2.75, 3.05) is 18.6 Å². The van der Waals surface area contributed by atoms with Gasteiger partial charge in [-0.25, -0.2) is 4.39 Å². The molecule has 0 spiro atoms. The molecule has 0 N–H and O–H groups in total. The molecule has 0 saturated carbocycles. The zero-order valence-corrected chi connectivity index (χ0v) is 12.6. The fourth-order valence-corrected chi connectivity index (χ4v) is 2.23. The van der Waals surface area contributed by atoms with Gasteiger partial charge in [0.25, 0.3) is 5.69 Å². The van der Waals surface area contributed by atoms with E-state index >= 15 is 0 Å². The zero-order chi connectivity index (χ0) is 16.3. The average Bonchev–Trinajstić information content (AvgIpc) is 2.90. The number of methoxy groups -OCH3 is 1. The minimum absolute atomic E-state index is 0.0229. The molecule has 8 heteroatoms. The maximum absolute atomic E-state index is 13.7. The first kappa shape index (κ1) is 15.7. The zero-order valence-electron chi connectivity index (χ0n) is 12.6. The Hall–Kier alpha value is -2.64. The number of ether oxygens (including phenoxy) is 1. The molecule has 2 aromatic rings. The highest BCUT2D eigenvalue weighted by atomic mass is 19.1. The summed E-state index contributed by atoms with van der Waals surface area (Å²) < 4.78 is 20.3. The highest BCUT2D eigenvalue weighted by Gasteiger charge is 2.23. The van der Waals surface area contributed by atoms with E-state index in [1.807, 2.05) is 13.1 Å². The summed E-state index contributed by atoms with van der Waals surface area (Å²) in [5.74, 6) is -0.777. The molecule has 0 unspecified atom stereocenters. The Labute approximate surface area is 127 Å². The molecule has 0 bridgehead atoms. The van der Waals surface area contributed by atoms with Gasteiger partial charge in [-0.15, -0.1) is 0 Å². The average molecular weight is 308 g/mol.